The maximum Gasteiger partial charge on any atom is 0.320 e. The normalized spacial score (nSPS) is 13.0. The molecule has 1 unspecified atom stereocenters. The van der Waals surface area contributed by atoms with Crippen molar-refractivity contribution >= 4 is 92.2 Å². The number of aromatic amines is 2. The Morgan fingerprint density at radius 3 is 1.50 bits per heavy atom. The summed E-state index contributed by atoms with van der Waals surface area (Å²) in [5.41, 5.74) is 11.4. The van der Waals surface area contributed by atoms with E-state index in [4.69, 9.17) is 29.7 Å². The minimum Gasteiger partial charge on any atom is -0.481 e. The Balaban J connectivity index is 1.43. The van der Waals surface area contributed by atoms with Gasteiger partial charge in [-0.1, -0.05) is 12.7 Å². The number of aromatic nitrogens is 4. The second-order valence-corrected chi connectivity index (χ2v) is 17.5. The molecule has 3 aromatic heterocycles. The van der Waals surface area contributed by atoms with E-state index in [9.17, 15) is 54.0 Å². The molecule has 1 atom stereocenters. The lowest BCUT2D eigenvalue weighted by Gasteiger charge is -2.27. The number of nitrogens with zero attached hydrogens (tertiary/aromatic N) is 5. The number of nitrogens with one attached hydrogen (secondary N) is 2. The molecule has 72 heavy (non-hydrogen) atoms. The summed E-state index contributed by atoms with van der Waals surface area (Å²) in [7, 11) is 0. The van der Waals surface area contributed by atoms with Crippen molar-refractivity contribution in [3.05, 3.63) is 75.9 Å². The largest absolute Gasteiger partial charge is 0.481 e. The number of esters is 1. The first-order valence-corrected chi connectivity index (χ1v) is 23.1. The number of carbonyl (C=O) groups excluding carboxylic acids is 1. The van der Waals surface area contributed by atoms with Crippen LogP contribution in [-0.4, -0.2) is 179 Å². The number of carboxylic acid groups (broad SMARTS) is 6. The molecular weight excluding hydrogens is 939 g/mol. The van der Waals surface area contributed by atoms with Crippen molar-refractivity contribution in [3.63, 3.8) is 0 Å². The molecule has 22 nitrogen and oxygen atoms in total. The number of H-pyrrole nitrogens is 2. The summed E-state index contributed by atoms with van der Waals surface area (Å²) in [6.45, 7) is 10.1. The van der Waals surface area contributed by atoms with Gasteiger partial charge in [0.15, 0.2) is 0 Å². The van der Waals surface area contributed by atoms with E-state index in [1.54, 1.807) is 12.1 Å². The fourth-order valence-corrected chi connectivity index (χ4v) is 8.75. The van der Waals surface area contributed by atoms with Gasteiger partial charge in [0, 0.05) is 72.2 Å². The molecule has 0 aliphatic carbocycles. The van der Waals surface area contributed by atoms with Gasteiger partial charge in [0.25, 0.3) is 0 Å². The Labute approximate surface area is 413 Å². The number of hydrogen-bond acceptors (Lipinski definition) is 14. The molecule has 3 aromatic rings. The third-order valence-corrected chi connectivity index (χ3v) is 12.4. The van der Waals surface area contributed by atoms with Gasteiger partial charge >= 0.3 is 41.8 Å². The van der Waals surface area contributed by atoms with Gasteiger partial charge < -0.3 is 50.1 Å². The summed E-state index contributed by atoms with van der Waals surface area (Å²) in [6.07, 6.45) is 1.22. The highest BCUT2D eigenvalue weighted by Gasteiger charge is 2.25. The van der Waals surface area contributed by atoms with Gasteiger partial charge in [-0.3, -0.25) is 48.3 Å². The number of rotatable bonds is 28. The molecule has 5 heterocycles. The Hall–Kier alpha value is -7.53. The maximum atomic E-state index is 13.1. The van der Waals surface area contributed by atoms with Crippen LogP contribution >= 0.6 is 0 Å². The van der Waals surface area contributed by atoms with E-state index in [1.807, 2.05) is 52.8 Å². The molecule has 0 saturated carbocycles. The molecule has 386 valence electrons. The van der Waals surface area contributed by atoms with E-state index in [-0.39, 0.29) is 65.1 Å². The standard InChI is InChI=1S/C50H61N7O15/c1-7-32-27(2)35-18-36-28(3)33(8-10-43(58)59)40(52-36)21-41-34(9-11-44(60)61)29(4)37(53-41)20-42-50(30(5)38(54-42)19-39(32)51-35)31(6)71-16-17-72-49(70)26-57(25-48(68)69)15-13-55(22-45(62)63)12-14-56(23-46(64)65)24-47(66)67/h7,18-21,31,51,54H,1,8-17,22-26H2,2-6H3,(H,58,59)(H,60,61)(H,62,63)(H,64,65)(H,66,67)(H,68,69). The van der Waals surface area contributed by atoms with Crippen LogP contribution in [0.5, 0.6) is 0 Å². The van der Waals surface area contributed by atoms with Crippen molar-refractivity contribution in [2.45, 2.75) is 66.4 Å². The second-order valence-electron chi connectivity index (χ2n) is 17.5. The lowest BCUT2D eigenvalue weighted by atomic mass is 9.98. The van der Waals surface area contributed by atoms with Crippen LogP contribution in [0.3, 0.4) is 0 Å². The Morgan fingerprint density at radius 1 is 0.569 bits per heavy atom. The van der Waals surface area contributed by atoms with Gasteiger partial charge in [-0.05, 0) is 105 Å². The number of carbonyl (C=O) groups is 7. The molecule has 0 aromatic carbocycles. The van der Waals surface area contributed by atoms with Gasteiger partial charge in [-0.2, -0.15) is 0 Å². The summed E-state index contributed by atoms with van der Waals surface area (Å²) < 4.78 is 11.7. The van der Waals surface area contributed by atoms with Crippen molar-refractivity contribution in [1.82, 2.24) is 34.6 Å². The zero-order chi connectivity index (χ0) is 53.0. The monoisotopic (exact) mass is 999 g/mol. The average molecular weight is 1000 g/mol. The van der Waals surface area contributed by atoms with Crippen LogP contribution in [0.1, 0.15) is 97.6 Å². The third kappa shape index (κ3) is 15.0. The summed E-state index contributed by atoms with van der Waals surface area (Å²) in [5.74, 6) is -7.76. The van der Waals surface area contributed by atoms with Gasteiger partial charge in [-0.15, -0.1) is 0 Å². The van der Waals surface area contributed by atoms with Crippen molar-refractivity contribution in [3.8, 4) is 0 Å². The first-order valence-electron chi connectivity index (χ1n) is 23.1. The van der Waals surface area contributed by atoms with Crippen LogP contribution in [-0.2, 0) is 43.0 Å². The van der Waals surface area contributed by atoms with E-state index >= 15 is 0 Å². The van der Waals surface area contributed by atoms with Crippen molar-refractivity contribution in [2.75, 3.05) is 72.1 Å². The number of ether oxygens (including phenoxy) is 2. The second kappa shape index (κ2) is 25.0. The smallest absolute Gasteiger partial charge is 0.320 e. The van der Waals surface area contributed by atoms with Crippen molar-refractivity contribution in [1.29, 1.82) is 0 Å². The minimum absolute atomic E-state index is 0.0569. The highest BCUT2D eigenvalue weighted by Crippen LogP contribution is 2.39. The third-order valence-electron chi connectivity index (χ3n) is 12.4. The molecule has 5 rings (SSSR count). The molecule has 0 fully saturated rings. The number of aryl methyl sites for hydroxylation is 2. The predicted octanol–water partition coefficient (Wildman–Crippen LogP) is 5.03. The summed E-state index contributed by atoms with van der Waals surface area (Å²) in [5, 5.41) is 56.7. The number of allylic oxidation sites excluding steroid dienone is 4. The molecule has 8 N–H and O–H groups in total. The molecule has 8 bridgehead atoms. The quantitative estimate of drug-likeness (QED) is 0.0349. The lowest BCUT2D eigenvalue weighted by molar-refractivity contribution is -0.149. The van der Waals surface area contributed by atoms with Gasteiger partial charge in [0.2, 0.25) is 0 Å². The van der Waals surface area contributed by atoms with E-state index in [2.05, 4.69) is 16.5 Å². The van der Waals surface area contributed by atoms with Crippen LogP contribution in [0.4, 0.5) is 0 Å². The average Bonchev–Trinajstić information content (AvgIpc) is 3.95. The summed E-state index contributed by atoms with van der Waals surface area (Å²) in [6, 6.07) is 7.50. The number of hydrogen-bond donors (Lipinski definition) is 8. The predicted molar refractivity (Wildman–Crippen MR) is 264 cm³/mol. The molecule has 0 saturated heterocycles. The topological polar surface area (TPSA) is 326 Å². The first kappa shape index (κ1) is 55.4. The molecule has 0 spiro atoms. The van der Waals surface area contributed by atoms with Crippen LogP contribution in [0.2, 0.25) is 0 Å². The maximum absolute atomic E-state index is 13.1. The van der Waals surface area contributed by atoms with E-state index in [0.717, 1.165) is 60.4 Å². The fourth-order valence-electron chi connectivity index (χ4n) is 8.75. The molecule has 2 aliphatic heterocycles. The van der Waals surface area contributed by atoms with Gasteiger partial charge in [0.1, 0.15) is 6.61 Å². The van der Waals surface area contributed by atoms with Gasteiger partial charge in [-0.25, -0.2) is 9.97 Å². The SMILES string of the molecule is C=Cc1c(C)c2cc3nc(cc4nc(cc5[nH]c(cc1[nH]2)c(C)c5C(C)OCCOC(=O)CN(CCN(CCN(CC(=O)O)CC(=O)O)CC(=O)O)CC(=O)O)C(C)=C4CCC(=O)O)C(CCC(=O)O)=C3C. The minimum atomic E-state index is -1.27. The highest BCUT2D eigenvalue weighted by molar-refractivity contribution is 5.97. The van der Waals surface area contributed by atoms with Crippen LogP contribution in [0.25, 0.3) is 50.4 Å². The summed E-state index contributed by atoms with van der Waals surface area (Å²) in [4.78, 5) is 103. The zero-order valence-electron chi connectivity index (χ0n) is 40.9. The van der Waals surface area contributed by atoms with Crippen LogP contribution < -0.4 is 0 Å². The molecular formula is C50H61N7O15. The first-order chi connectivity index (χ1) is 34.0. The van der Waals surface area contributed by atoms with Crippen molar-refractivity contribution < 1.29 is 73.7 Å². The Kier molecular flexibility index (Phi) is 19.3. The van der Waals surface area contributed by atoms with E-state index in [1.165, 1.54) is 9.80 Å². The van der Waals surface area contributed by atoms with E-state index in [0.29, 0.717) is 33.9 Å². The molecule has 2 aliphatic rings. The Morgan fingerprint density at radius 2 is 1.01 bits per heavy atom. The molecule has 0 amide bonds. The Bertz CT molecular complexity index is 2840. The summed E-state index contributed by atoms with van der Waals surface area (Å²) >= 11 is 0. The van der Waals surface area contributed by atoms with E-state index < -0.39 is 80.6 Å². The van der Waals surface area contributed by atoms with Crippen LogP contribution in [0, 0.1) is 13.8 Å². The number of carboxylic acids is 6. The molecule has 0 radical (unpaired) electrons. The van der Waals surface area contributed by atoms with Crippen molar-refractivity contribution in [2.24, 2.45) is 0 Å². The zero-order valence-corrected chi connectivity index (χ0v) is 40.9. The number of aliphatic carboxylic acids is 6. The van der Waals surface area contributed by atoms with Crippen LogP contribution in [0.15, 0.2) is 30.8 Å². The lowest BCUT2D eigenvalue weighted by Crippen LogP contribution is -2.45. The van der Waals surface area contributed by atoms with Gasteiger partial charge in [0.05, 0.1) is 68.2 Å². The highest BCUT2D eigenvalue weighted by atomic mass is 16.6. The fraction of sp³-hybridized carbons (Fsp3) is 0.420. The molecule has 22 heteroatoms. The number of fused-ring (bicyclic) bond motifs is 8.